The minimum atomic E-state index is 0.280. The second-order valence-corrected chi connectivity index (χ2v) is 6.20. The fraction of sp³-hybridized carbons (Fsp3) is 0.500. The second-order valence-electron chi connectivity index (χ2n) is 5.34. The van der Waals surface area contributed by atoms with Crippen molar-refractivity contribution in [3.05, 3.63) is 22.4 Å². The first kappa shape index (κ1) is 13.2. The number of halogens is 1. The van der Waals surface area contributed by atoms with Gasteiger partial charge in [0.1, 0.15) is 11.6 Å². The van der Waals surface area contributed by atoms with Gasteiger partial charge in [-0.05, 0) is 34.8 Å². The van der Waals surface area contributed by atoms with Gasteiger partial charge in [0, 0.05) is 38.1 Å². The summed E-state index contributed by atoms with van der Waals surface area (Å²) < 4.78 is 8.59. The van der Waals surface area contributed by atoms with E-state index in [0.717, 1.165) is 60.8 Å². The highest BCUT2D eigenvalue weighted by molar-refractivity contribution is 9.10. The van der Waals surface area contributed by atoms with Gasteiger partial charge in [-0.3, -0.25) is 0 Å². The molecule has 0 bridgehead atoms. The summed E-state index contributed by atoms with van der Waals surface area (Å²) in [5, 5.41) is 3.37. The van der Waals surface area contributed by atoms with Crippen LogP contribution in [-0.2, 0) is 11.3 Å². The lowest BCUT2D eigenvalue weighted by atomic mass is 10.1. The molecule has 4 heterocycles. The molecule has 1 fully saturated rings. The SMILES string of the molecule is Brc1cc2cnc(=NC3CCOCC3)nc-2n2c1NCC2. The Morgan fingerprint density at radius 1 is 1.38 bits per heavy atom. The highest BCUT2D eigenvalue weighted by atomic mass is 79.9. The van der Waals surface area contributed by atoms with Crippen molar-refractivity contribution in [3.8, 4) is 11.4 Å². The summed E-state index contributed by atoms with van der Waals surface area (Å²) in [6.45, 7) is 3.40. The van der Waals surface area contributed by atoms with Gasteiger partial charge in [0.2, 0.25) is 5.62 Å². The van der Waals surface area contributed by atoms with E-state index < -0.39 is 0 Å². The molecule has 0 atom stereocenters. The number of pyridine rings is 1. The molecule has 4 rings (SSSR count). The van der Waals surface area contributed by atoms with E-state index in [1.54, 1.807) is 0 Å². The zero-order chi connectivity index (χ0) is 14.2. The van der Waals surface area contributed by atoms with E-state index in [4.69, 9.17) is 4.74 Å². The Morgan fingerprint density at radius 3 is 3.10 bits per heavy atom. The first-order valence-corrected chi connectivity index (χ1v) is 8.02. The van der Waals surface area contributed by atoms with Crippen LogP contribution in [0.5, 0.6) is 0 Å². The van der Waals surface area contributed by atoms with Crippen LogP contribution in [0.15, 0.2) is 21.7 Å². The van der Waals surface area contributed by atoms with Crippen LogP contribution >= 0.6 is 15.9 Å². The second kappa shape index (κ2) is 5.38. The third-order valence-corrected chi connectivity index (χ3v) is 4.54. The molecule has 0 saturated carbocycles. The zero-order valence-electron chi connectivity index (χ0n) is 11.5. The maximum atomic E-state index is 5.36. The highest BCUT2D eigenvalue weighted by Gasteiger charge is 2.20. The standard InChI is InChI=1S/C14H16BrN5O/c15-11-7-9-8-17-14(18-10-1-5-21-6-2-10)19-12(9)20-4-3-16-13(11)20/h7-8,10,16H,1-6H2. The van der Waals surface area contributed by atoms with Crippen LogP contribution in [0.25, 0.3) is 11.4 Å². The Bertz CT molecular complexity index is 707. The molecule has 0 aromatic heterocycles. The lowest BCUT2D eigenvalue weighted by molar-refractivity contribution is 0.0861. The predicted octanol–water partition coefficient (Wildman–Crippen LogP) is 1.65. The summed E-state index contributed by atoms with van der Waals surface area (Å²) in [5.74, 6) is 2.03. The molecule has 21 heavy (non-hydrogen) atoms. The van der Waals surface area contributed by atoms with Crippen LogP contribution in [0.4, 0.5) is 5.82 Å². The Labute approximate surface area is 130 Å². The van der Waals surface area contributed by atoms with Gasteiger partial charge >= 0.3 is 0 Å². The van der Waals surface area contributed by atoms with Crippen molar-refractivity contribution >= 4 is 21.7 Å². The minimum absolute atomic E-state index is 0.280. The van der Waals surface area contributed by atoms with Crippen molar-refractivity contribution < 1.29 is 4.74 Å². The van der Waals surface area contributed by atoms with Crippen LogP contribution in [0.2, 0.25) is 0 Å². The molecule has 0 aliphatic carbocycles. The van der Waals surface area contributed by atoms with E-state index in [1.165, 1.54) is 0 Å². The largest absolute Gasteiger partial charge is 0.381 e. The average Bonchev–Trinajstić information content (AvgIpc) is 3.00. The molecule has 0 spiro atoms. The summed E-state index contributed by atoms with van der Waals surface area (Å²) in [4.78, 5) is 13.7. The summed E-state index contributed by atoms with van der Waals surface area (Å²) in [5.41, 5.74) is 1.61. The van der Waals surface area contributed by atoms with Crippen molar-refractivity contribution in [1.82, 2.24) is 14.5 Å². The first-order chi connectivity index (χ1) is 10.3. The van der Waals surface area contributed by atoms with E-state index >= 15 is 0 Å². The number of rotatable bonds is 1. The van der Waals surface area contributed by atoms with Crippen molar-refractivity contribution in [2.24, 2.45) is 4.99 Å². The molecule has 6 nitrogen and oxygen atoms in total. The van der Waals surface area contributed by atoms with Crippen LogP contribution < -0.4 is 10.9 Å². The van der Waals surface area contributed by atoms with Crippen LogP contribution in [-0.4, -0.2) is 40.3 Å². The summed E-state index contributed by atoms with van der Waals surface area (Å²) in [7, 11) is 0. The van der Waals surface area contributed by atoms with Gasteiger partial charge in [-0.2, -0.15) is 4.98 Å². The van der Waals surface area contributed by atoms with Crippen LogP contribution in [0, 0.1) is 0 Å². The highest BCUT2D eigenvalue weighted by Crippen LogP contribution is 2.32. The van der Waals surface area contributed by atoms with Gasteiger partial charge < -0.3 is 14.6 Å². The van der Waals surface area contributed by atoms with Gasteiger partial charge in [0.05, 0.1) is 10.5 Å². The van der Waals surface area contributed by atoms with Gasteiger partial charge in [-0.15, -0.1) is 0 Å². The van der Waals surface area contributed by atoms with E-state index in [0.29, 0.717) is 5.62 Å². The van der Waals surface area contributed by atoms with Crippen LogP contribution in [0.3, 0.4) is 0 Å². The Balaban J connectivity index is 1.81. The molecular formula is C14H16BrN5O. The monoisotopic (exact) mass is 349 g/mol. The summed E-state index contributed by atoms with van der Waals surface area (Å²) in [6, 6.07) is 2.33. The molecule has 7 heteroatoms. The maximum Gasteiger partial charge on any atom is 0.246 e. The molecule has 0 unspecified atom stereocenters. The molecule has 0 amide bonds. The number of anilines is 1. The number of hydrogen-bond acceptors (Lipinski definition) is 5. The molecule has 4 aliphatic heterocycles. The Hall–Kier alpha value is -1.47. The molecule has 0 aromatic carbocycles. The third kappa shape index (κ3) is 2.44. The Kier molecular flexibility index (Phi) is 3.39. The van der Waals surface area contributed by atoms with Crippen molar-refractivity contribution in [1.29, 1.82) is 0 Å². The molecule has 1 N–H and O–H groups in total. The normalized spacial score (nSPS) is 19.8. The van der Waals surface area contributed by atoms with E-state index in [-0.39, 0.29) is 6.04 Å². The number of nitrogens with zero attached hydrogens (tertiary/aromatic N) is 4. The van der Waals surface area contributed by atoms with Gasteiger partial charge in [0.15, 0.2) is 0 Å². The van der Waals surface area contributed by atoms with Gasteiger partial charge in [0.25, 0.3) is 0 Å². The lowest BCUT2D eigenvalue weighted by Gasteiger charge is -2.18. The van der Waals surface area contributed by atoms with E-state index in [2.05, 4.69) is 46.8 Å². The number of ether oxygens (including phenoxy) is 1. The number of hydrogen-bond donors (Lipinski definition) is 1. The van der Waals surface area contributed by atoms with E-state index in [1.807, 2.05) is 6.20 Å². The predicted molar refractivity (Wildman–Crippen MR) is 82.2 cm³/mol. The fourth-order valence-electron chi connectivity index (χ4n) is 2.85. The molecule has 0 aromatic rings. The van der Waals surface area contributed by atoms with Crippen molar-refractivity contribution in [2.45, 2.75) is 25.4 Å². The molecule has 1 saturated heterocycles. The quantitative estimate of drug-likeness (QED) is 0.850. The lowest BCUT2D eigenvalue weighted by Crippen LogP contribution is -2.25. The third-order valence-electron chi connectivity index (χ3n) is 3.93. The van der Waals surface area contributed by atoms with Crippen LogP contribution in [0.1, 0.15) is 12.8 Å². The fourth-order valence-corrected chi connectivity index (χ4v) is 3.46. The number of nitrogens with one attached hydrogen (secondary N) is 1. The summed E-state index contributed by atoms with van der Waals surface area (Å²) in [6.07, 6.45) is 3.76. The number of fused-ring (bicyclic) bond motifs is 3. The van der Waals surface area contributed by atoms with E-state index in [9.17, 15) is 0 Å². The van der Waals surface area contributed by atoms with Crippen molar-refractivity contribution in [2.75, 3.05) is 25.1 Å². The Morgan fingerprint density at radius 2 is 2.24 bits per heavy atom. The molecule has 0 radical (unpaired) electrons. The van der Waals surface area contributed by atoms with Crippen molar-refractivity contribution in [3.63, 3.8) is 0 Å². The minimum Gasteiger partial charge on any atom is -0.381 e. The molecule has 110 valence electrons. The number of aromatic nitrogens is 3. The smallest absolute Gasteiger partial charge is 0.246 e. The molecule has 4 aliphatic rings. The first-order valence-electron chi connectivity index (χ1n) is 7.23. The topological polar surface area (TPSA) is 64.3 Å². The zero-order valence-corrected chi connectivity index (χ0v) is 13.1. The van der Waals surface area contributed by atoms with Gasteiger partial charge in [-0.25, -0.2) is 9.98 Å². The maximum absolute atomic E-state index is 5.36. The molecular weight excluding hydrogens is 334 g/mol. The summed E-state index contributed by atoms with van der Waals surface area (Å²) >= 11 is 3.59. The average molecular weight is 350 g/mol. The van der Waals surface area contributed by atoms with Gasteiger partial charge in [-0.1, -0.05) is 0 Å².